The van der Waals surface area contributed by atoms with E-state index in [1.807, 2.05) is 4.72 Å². The molecule has 0 fully saturated rings. The summed E-state index contributed by atoms with van der Waals surface area (Å²) >= 11 is 0. The van der Waals surface area contributed by atoms with Crippen molar-refractivity contribution < 1.29 is 22.4 Å². The third-order valence-corrected chi connectivity index (χ3v) is 4.51. The average Bonchev–Trinajstić information content (AvgIpc) is 2.49. The Hall–Kier alpha value is -2.74. The number of amides is 2. The zero-order valence-corrected chi connectivity index (χ0v) is 13.8. The van der Waals surface area contributed by atoms with Gasteiger partial charge in [0.2, 0.25) is 5.91 Å². The third kappa shape index (κ3) is 4.17. The van der Waals surface area contributed by atoms with Crippen LogP contribution in [0.2, 0.25) is 0 Å². The maximum atomic E-state index is 12.9. The van der Waals surface area contributed by atoms with Gasteiger partial charge in [-0.1, -0.05) is 6.07 Å². The molecular formula is C16H15FN2O4S. The summed E-state index contributed by atoms with van der Waals surface area (Å²) in [5.74, 6) is -1.75. The molecule has 24 heavy (non-hydrogen) atoms. The Morgan fingerprint density at radius 2 is 1.67 bits per heavy atom. The number of nitrogens with one attached hydrogen (secondary N) is 2. The standard InChI is InChI=1S/C16H15FN2O4S/c1-10-3-4-12(9-15(10)18-11(2)20)16(21)19-24(22,23)14-7-5-13(17)6-8-14/h3-9H,1-2H3,(H,18,20)(H,19,21). The summed E-state index contributed by atoms with van der Waals surface area (Å²) in [5, 5.41) is 2.56. The normalized spacial score (nSPS) is 11.0. The Balaban J connectivity index is 2.26. The highest BCUT2D eigenvalue weighted by Crippen LogP contribution is 2.18. The topological polar surface area (TPSA) is 92.3 Å². The largest absolute Gasteiger partial charge is 0.326 e. The van der Waals surface area contributed by atoms with Crippen LogP contribution in [0.3, 0.4) is 0 Å². The van der Waals surface area contributed by atoms with Crippen LogP contribution in [0, 0.1) is 12.7 Å². The van der Waals surface area contributed by atoms with Gasteiger partial charge in [-0.05, 0) is 48.9 Å². The number of carbonyl (C=O) groups excluding carboxylic acids is 2. The first kappa shape index (κ1) is 17.6. The lowest BCUT2D eigenvalue weighted by molar-refractivity contribution is -0.114. The summed E-state index contributed by atoms with van der Waals surface area (Å²) in [6, 6.07) is 8.50. The molecule has 0 radical (unpaired) electrons. The molecule has 0 saturated carbocycles. The Labute approximate surface area is 138 Å². The number of hydrogen-bond donors (Lipinski definition) is 2. The molecule has 2 aromatic rings. The first-order chi connectivity index (χ1) is 11.2. The fourth-order valence-corrected chi connectivity index (χ4v) is 2.92. The third-order valence-electron chi connectivity index (χ3n) is 3.16. The Morgan fingerprint density at radius 3 is 2.25 bits per heavy atom. The number of halogens is 1. The van der Waals surface area contributed by atoms with Gasteiger partial charge in [0.25, 0.3) is 15.9 Å². The molecule has 0 aromatic heterocycles. The highest BCUT2D eigenvalue weighted by atomic mass is 32.2. The van der Waals surface area contributed by atoms with E-state index in [1.165, 1.54) is 19.1 Å². The number of aryl methyl sites for hydroxylation is 1. The zero-order chi connectivity index (χ0) is 17.9. The molecule has 0 heterocycles. The van der Waals surface area contributed by atoms with Crippen molar-refractivity contribution in [3.8, 4) is 0 Å². The summed E-state index contributed by atoms with van der Waals surface area (Å²) in [6.07, 6.45) is 0. The van der Waals surface area contributed by atoms with Gasteiger partial charge in [-0.15, -0.1) is 0 Å². The number of anilines is 1. The van der Waals surface area contributed by atoms with E-state index in [2.05, 4.69) is 5.32 Å². The van der Waals surface area contributed by atoms with E-state index in [9.17, 15) is 22.4 Å². The monoisotopic (exact) mass is 350 g/mol. The number of rotatable bonds is 4. The van der Waals surface area contributed by atoms with E-state index in [0.29, 0.717) is 5.69 Å². The second-order valence-electron chi connectivity index (χ2n) is 5.10. The summed E-state index contributed by atoms with van der Waals surface area (Å²) < 4.78 is 39.0. The SMILES string of the molecule is CC(=O)Nc1cc(C(=O)NS(=O)(=O)c2ccc(F)cc2)ccc1C. The molecule has 2 aromatic carbocycles. The molecule has 2 rings (SSSR count). The molecule has 2 N–H and O–H groups in total. The molecule has 0 unspecified atom stereocenters. The van der Waals surface area contributed by atoms with Crippen molar-refractivity contribution in [1.29, 1.82) is 0 Å². The second-order valence-corrected chi connectivity index (χ2v) is 6.78. The summed E-state index contributed by atoms with van der Waals surface area (Å²) in [6.45, 7) is 3.06. The molecule has 0 aliphatic carbocycles. The highest BCUT2D eigenvalue weighted by molar-refractivity contribution is 7.90. The van der Waals surface area contributed by atoms with Crippen LogP contribution in [-0.2, 0) is 14.8 Å². The quantitative estimate of drug-likeness (QED) is 0.884. The van der Waals surface area contributed by atoms with Crippen molar-refractivity contribution in [2.45, 2.75) is 18.7 Å². The molecule has 0 spiro atoms. The minimum absolute atomic E-state index is 0.0648. The highest BCUT2D eigenvalue weighted by Gasteiger charge is 2.19. The van der Waals surface area contributed by atoms with Crippen LogP contribution in [0.1, 0.15) is 22.8 Å². The van der Waals surface area contributed by atoms with Gasteiger partial charge in [0.15, 0.2) is 0 Å². The fraction of sp³-hybridized carbons (Fsp3) is 0.125. The van der Waals surface area contributed by atoms with Crippen LogP contribution in [0.5, 0.6) is 0 Å². The second kappa shape index (κ2) is 6.79. The maximum absolute atomic E-state index is 12.9. The smallest absolute Gasteiger partial charge is 0.265 e. The van der Waals surface area contributed by atoms with Crippen LogP contribution >= 0.6 is 0 Å². The molecule has 0 saturated heterocycles. The number of benzene rings is 2. The lowest BCUT2D eigenvalue weighted by atomic mass is 10.1. The summed E-state index contributed by atoms with van der Waals surface area (Å²) in [5.41, 5.74) is 1.20. The van der Waals surface area contributed by atoms with Crippen molar-refractivity contribution in [3.05, 3.63) is 59.4 Å². The first-order valence-electron chi connectivity index (χ1n) is 6.90. The van der Waals surface area contributed by atoms with Crippen LogP contribution < -0.4 is 10.0 Å². The Morgan fingerprint density at radius 1 is 1.04 bits per heavy atom. The minimum Gasteiger partial charge on any atom is -0.326 e. The van der Waals surface area contributed by atoms with Crippen molar-refractivity contribution in [2.75, 3.05) is 5.32 Å². The molecular weight excluding hydrogens is 335 g/mol. The zero-order valence-electron chi connectivity index (χ0n) is 13.0. The lowest BCUT2D eigenvalue weighted by Gasteiger charge is -2.10. The maximum Gasteiger partial charge on any atom is 0.265 e. The Bertz CT molecular complexity index is 893. The minimum atomic E-state index is -4.12. The van der Waals surface area contributed by atoms with Gasteiger partial charge in [0.05, 0.1) is 4.90 Å². The van der Waals surface area contributed by atoms with Gasteiger partial charge >= 0.3 is 0 Å². The summed E-state index contributed by atoms with van der Waals surface area (Å²) in [7, 11) is -4.12. The van der Waals surface area contributed by atoms with Crippen molar-refractivity contribution in [3.63, 3.8) is 0 Å². The van der Waals surface area contributed by atoms with E-state index in [0.717, 1.165) is 29.8 Å². The molecule has 126 valence electrons. The van der Waals surface area contributed by atoms with Gasteiger partial charge < -0.3 is 5.32 Å². The molecule has 0 aliphatic heterocycles. The van der Waals surface area contributed by atoms with E-state index in [1.54, 1.807) is 13.0 Å². The molecule has 0 atom stereocenters. The van der Waals surface area contributed by atoms with Gasteiger partial charge in [-0.25, -0.2) is 17.5 Å². The number of sulfonamides is 1. The molecule has 8 heteroatoms. The van der Waals surface area contributed by atoms with E-state index in [4.69, 9.17) is 0 Å². The fourth-order valence-electron chi connectivity index (χ4n) is 1.94. The molecule has 6 nitrogen and oxygen atoms in total. The summed E-state index contributed by atoms with van der Waals surface area (Å²) in [4.78, 5) is 23.1. The van der Waals surface area contributed by atoms with Crippen molar-refractivity contribution in [2.24, 2.45) is 0 Å². The number of hydrogen-bond acceptors (Lipinski definition) is 4. The predicted molar refractivity (Wildman–Crippen MR) is 86.5 cm³/mol. The Kier molecular flexibility index (Phi) is 4.99. The van der Waals surface area contributed by atoms with Gasteiger partial charge in [0.1, 0.15) is 5.82 Å². The molecule has 2 amide bonds. The average molecular weight is 350 g/mol. The van der Waals surface area contributed by atoms with Crippen LogP contribution in [-0.4, -0.2) is 20.2 Å². The van der Waals surface area contributed by atoms with E-state index < -0.39 is 21.7 Å². The lowest BCUT2D eigenvalue weighted by Crippen LogP contribution is -2.30. The van der Waals surface area contributed by atoms with E-state index in [-0.39, 0.29) is 16.4 Å². The van der Waals surface area contributed by atoms with Crippen molar-refractivity contribution >= 4 is 27.5 Å². The molecule has 0 bridgehead atoms. The van der Waals surface area contributed by atoms with Crippen LogP contribution in [0.15, 0.2) is 47.4 Å². The van der Waals surface area contributed by atoms with Gasteiger partial charge in [-0.2, -0.15) is 0 Å². The van der Waals surface area contributed by atoms with E-state index >= 15 is 0 Å². The van der Waals surface area contributed by atoms with Crippen molar-refractivity contribution in [1.82, 2.24) is 4.72 Å². The van der Waals surface area contributed by atoms with Crippen LogP contribution in [0.4, 0.5) is 10.1 Å². The predicted octanol–water partition coefficient (Wildman–Crippen LogP) is 2.21. The van der Waals surface area contributed by atoms with Crippen LogP contribution in [0.25, 0.3) is 0 Å². The van der Waals surface area contributed by atoms with Gasteiger partial charge in [0, 0.05) is 18.2 Å². The first-order valence-corrected chi connectivity index (χ1v) is 8.38. The van der Waals surface area contributed by atoms with Gasteiger partial charge in [-0.3, -0.25) is 9.59 Å². The number of carbonyl (C=O) groups is 2. The molecule has 0 aliphatic rings.